The fourth-order valence-electron chi connectivity index (χ4n) is 4.23. The molecule has 0 saturated carbocycles. The lowest BCUT2D eigenvalue weighted by Crippen LogP contribution is -2.44. The van der Waals surface area contributed by atoms with Crippen molar-refractivity contribution in [2.45, 2.75) is 38.2 Å². The maximum absolute atomic E-state index is 13.2. The summed E-state index contributed by atoms with van der Waals surface area (Å²) in [6, 6.07) is 9.08. The van der Waals surface area contributed by atoms with E-state index in [0.717, 1.165) is 11.1 Å². The van der Waals surface area contributed by atoms with Crippen LogP contribution in [0.15, 0.2) is 42.5 Å². The van der Waals surface area contributed by atoms with E-state index in [4.69, 9.17) is 0 Å². The summed E-state index contributed by atoms with van der Waals surface area (Å²) in [6.07, 6.45) is -9.33. The van der Waals surface area contributed by atoms with Gasteiger partial charge >= 0.3 is 12.4 Å². The molecule has 0 spiro atoms. The molecule has 1 fully saturated rings. The summed E-state index contributed by atoms with van der Waals surface area (Å²) in [7, 11) is 1.41. The van der Waals surface area contributed by atoms with Gasteiger partial charge in [0.1, 0.15) is 0 Å². The average Bonchev–Trinajstić information content (AvgIpc) is 2.72. The Morgan fingerprint density at radius 1 is 1.03 bits per heavy atom. The number of rotatable bonds is 4. The molecule has 10 heteroatoms. The topological polar surface area (TPSA) is 32.3 Å². The summed E-state index contributed by atoms with van der Waals surface area (Å²) in [6.45, 7) is 2.76. The Kier molecular flexibility index (Phi) is 8.46. The second-order valence-electron chi connectivity index (χ2n) is 8.17. The quantitative estimate of drug-likeness (QED) is 0.544. The van der Waals surface area contributed by atoms with E-state index in [1.54, 1.807) is 0 Å². The second kappa shape index (κ2) is 10.3. The van der Waals surface area contributed by atoms with Crippen LogP contribution < -0.4 is 5.32 Å². The number of piperidine rings is 1. The number of nitrogens with one attached hydrogen (secondary N) is 1. The molecule has 1 aliphatic heterocycles. The predicted octanol–water partition coefficient (Wildman–Crippen LogP) is 5.81. The molecule has 182 valence electrons. The van der Waals surface area contributed by atoms with E-state index in [9.17, 15) is 31.1 Å². The summed E-state index contributed by atoms with van der Waals surface area (Å²) in [4.78, 5) is 14.4. The van der Waals surface area contributed by atoms with Gasteiger partial charge in [0.25, 0.3) is 0 Å². The van der Waals surface area contributed by atoms with Crippen LogP contribution in [0.5, 0.6) is 0 Å². The Balaban J connectivity index is 0.00000385. The van der Waals surface area contributed by atoms with Crippen molar-refractivity contribution >= 4 is 18.3 Å². The lowest BCUT2D eigenvalue weighted by molar-refractivity contribution is -0.143. The number of carbonyl (C=O) groups is 1. The van der Waals surface area contributed by atoms with Gasteiger partial charge in [-0.1, -0.05) is 24.3 Å². The summed E-state index contributed by atoms with van der Waals surface area (Å²) in [5, 5.41) is 3.26. The summed E-state index contributed by atoms with van der Waals surface area (Å²) in [5.74, 6) is -0.854. The first-order valence-corrected chi connectivity index (χ1v) is 10.2. The molecule has 1 saturated heterocycles. The first-order chi connectivity index (χ1) is 14.9. The van der Waals surface area contributed by atoms with Crippen LogP contribution in [0.1, 0.15) is 40.2 Å². The number of benzene rings is 2. The second-order valence-corrected chi connectivity index (χ2v) is 8.17. The third-order valence-electron chi connectivity index (χ3n) is 5.83. The molecule has 1 N–H and O–H groups in total. The minimum atomic E-state index is -4.93. The van der Waals surface area contributed by atoms with E-state index < -0.39 is 29.4 Å². The lowest BCUT2D eigenvalue weighted by Gasteiger charge is -2.35. The zero-order valence-electron chi connectivity index (χ0n) is 18.1. The standard InChI is InChI=1S/C23H24F6N2O.ClH/c1-14-5-3-4-6-18(14)20-12-30-8-7-19(20)21(32)31(2)13-15-9-16(22(24,25)26)11-17(10-15)23(27,28)29;/h3-6,9-11,19-20,30H,7-8,12-13H2,1-2H3;1H/t19-,20+;/m1./s1. The maximum atomic E-state index is 13.2. The van der Waals surface area contributed by atoms with Crippen molar-refractivity contribution < 1.29 is 31.1 Å². The van der Waals surface area contributed by atoms with Crippen LogP contribution in [0.4, 0.5) is 26.3 Å². The molecule has 2 atom stereocenters. The molecule has 1 aliphatic rings. The monoisotopic (exact) mass is 494 g/mol. The molecule has 1 heterocycles. The Bertz CT molecular complexity index is 944. The predicted molar refractivity (Wildman–Crippen MR) is 115 cm³/mol. The number of carbonyl (C=O) groups excluding carboxylic acids is 1. The Morgan fingerprint density at radius 3 is 2.15 bits per heavy atom. The molecule has 0 bridgehead atoms. The first-order valence-electron chi connectivity index (χ1n) is 10.2. The van der Waals surface area contributed by atoms with Crippen LogP contribution in [0.3, 0.4) is 0 Å². The number of hydrogen-bond acceptors (Lipinski definition) is 2. The van der Waals surface area contributed by atoms with Gasteiger partial charge in [-0.05, 0) is 54.8 Å². The van der Waals surface area contributed by atoms with E-state index in [-0.39, 0.29) is 42.4 Å². The molecule has 1 amide bonds. The van der Waals surface area contributed by atoms with Gasteiger partial charge in [-0.3, -0.25) is 4.79 Å². The number of amides is 1. The van der Waals surface area contributed by atoms with Crippen LogP contribution in [-0.4, -0.2) is 30.9 Å². The number of nitrogens with zero attached hydrogens (tertiary/aromatic N) is 1. The van der Waals surface area contributed by atoms with Gasteiger partial charge in [0.2, 0.25) is 5.91 Å². The zero-order valence-corrected chi connectivity index (χ0v) is 18.9. The molecule has 3 rings (SSSR count). The van der Waals surface area contributed by atoms with Gasteiger partial charge in [-0.15, -0.1) is 12.4 Å². The number of aryl methyl sites for hydroxylation is 1. The fraction of sp³-hybridized carbons (Fsp3) is 0.435. The van der Waals surface area contributed by atoms with E-state index in [2.05, 4.69) is 5.32 Å². The molecular weight excluding hydrogens is 470 g/mol. The van der Waals surface area contributed by atoms with E-state index in [0.29, 0.717) is 31.6 Å². The third-order valence-corrected chi connectivity index (χ3v) is 5.83. The van der Waals surface area contributed by atoms with Gasteiger partial charge in [-0.25, -0.2) is 0 Å². The minimum absolute atomic E-state index is 0. The van der Waals surface area contributed by atoms with Crippen molar-refractivity contribution in [3.05, 3.63) is 70.3 Å². The van der Waals surface area contributed by atoms with Crippen LogP contribution >= 0.6 is 12.4 Å². The molecule has 0 aromatic heterocycles. The highest BCUT2D eigenvalue weighted by Crippen LogP contribution is 2.37. The Morgan fingerprint density at radius 2 is 1.61 bits per heavy atom. The normalized spacial score (nSPS) is 19.0. The summed E-state index contributed by atoms with van der Waals surface area (Å²) >= 11 is 0. The van der Waals surface area contributed by atoms with Crippen molar-refractivity contribution in [1.82, 2.24) is 10.2 Å². The van der Waals surface area contributed by atoms with Crippen molar-refractivity contribution in [3.63, 3.8) is 0 Å². The fourth-order valence-corrected chi connectivity index (χ4v) is 4.23. The van der Waals surface area contributed by atoms with Crippen molar-refractivity contribution in [1.29, 1.82) is 0 Å². The molecule has 2 aromatic rings. The zero-order chi connectivity index (χ0) is 23.7. The Hall–Kier alpha value is -2.26. The molecule has 2 aromatic carbocycles. The number of hydrogen-bond donors (Lipinski definition) is 1. The van der Waals surface area contributed by atoms with Crippen LogP contribution in [-0.2, 0) is 23.7 Å². The highest BCUT2D eigenvalue weighted by molar-refractivity contribution is 5.85. The highest BCUT2D eigenvalue weighted by atomic mass is 35.5. The third kappa shape index (κ3) is 6.41. The molecule has 3 nitrogen and oxygen atoms in total. The van der Waals surface area contributed by atoms with Crippen molar-refractivity contribution in [2.24, 2.45) is 5.92 Å². The minimum Gasteiger partial charge on any atom is -0.341 e. The molecule has 0 aliphatic carbocycles. The summed E-state index contributed by atoms with van der Waals surface area (Å²) < 4.78 is 78.9. The van der Waals surface area contributed by atoms with Gasteiger partial charge in [-0.2, -0.15) is 26.3 Å². The van der Waals surface area contributed by atoms with E-state index in [1.165, 1.54) is 11.9 Å². The summed E-state index contributed by atoms with van der Waals surface area (Å²) in [5.41, 5.74) is -0.964. The lowest BCUT2D eigenvalue weighted by atomic mass is 9.79. The maximum Gasteiger partial charge on any atom is 0.416 e. The molecular formula is C23H25ClF6N2O. The van der Waals surface area contributed by atoms with Gasteiger partial charge in [0.05, 0.1) is 11.1 Å². The average molecular weight is 495 g/mol. The van der Waals surface area contributed by atoms with Crippen LogP contribution in [0.2, 0.25) is 0 Å². The van der Waals surface area contributed by atoms with E-state index >= 15 is 0 Å². The van der Waals surface area contributed by atoms with Crippen molar-refractivity contribution in [2.75, 3.05) is 20.1 Å². The van der Waals surface area contributed by atoms with Crippen LogP contribution in [0.25, 0.3) is 0 Å². The van der Waals surface area contributed by atoms with Gasteiger partial charge in [0.15, 0.2) is 0 Å². The number of alkyl halides is 6. The van der Waals surface area contributed by atoms with Crippen molar-refractivity contribution in [3.8, 4) is 0 Å². The molecule has 0 unspecified atom stereocenters. The van der Waals surface area contributed by atoms with Gasteiger partial charge < -0.3 is 10.2 Å². The molecule has 0 radical (unpaired) electrons. The number of halogens is 7. The molecule has 33 heavy (non-hydrogen) atoms. The largest absolute Gasteiger partial charge is 0.416 e. The Labute approximate surface area is 194 Å². The first kappa shape index (κ1) is 27.0. The van der Waals surface area contributed by atoms with E-state index in [1.807, 2.05) is 31.2 Å². The van der Waals surface area contributed by atoms with Gasteiger partial charge in [0, 0.05) is 32.0 Å². The van der Waals surface area contributed by atoms with Crippen LogP contribution in [0, 0.1) is 12.8 Å². The smallest absolute Gasteiger partial charge is 0.341 e. The highest BCUT2D eigenvalue weighted by Gasteiger charge is 2.38. The SMILES string of the molecule is Cc1ccccc1[C@@H]1CNCC[C@H]1C(=O)N(C)Cc1cc(C(F)(F)F)cc(C(F)(F)F)c1.Cl.